The number of aryl methyl sites for hydroxylation is 2. The average molecular weight is 645 g/mol. The number of hydrogen-bond acceptors (Lipinski definition) is 6. The van der Waals surface area contributed by atoms with E-state index < -0.39 is 0 Å². The maximum atomic E-state index is 4.95. The van der Waals surface area contributed by atoms with Crippen LogP contribution in [0.5, 0.6) is 0 Å². The van der Waals surface area contributed by atoms with Crippen molar-refractivity contribution in [1.29, 1.82) is 0 Å². The van der Waals surface area contributed by atoms with Crippen LogP contribution in [-0.2, 0) is 0 Å². The van der Waals surface area contributed by atoms with Gasteiger partial charge in [-0.25, -0.2) is 9.97 Å². The molecular formula is C44H32N6. The second-order valence-electron chi connectivity index (χ2n) is 12.2. The van der Waals surface area contributed by atoms with Gasteiger partial charge in [0.25, 0.3) is 0 Å². The zero-order valence-electron chi connectivity index (χ0n) is 27.7. The predicted molar refractivity (Wildman–Crippen MR) is 201 cm³/mol. The molecule has 0 bridgehead atoms. The molecule has 2 aromatic carbocycles. The molecule has 0 radical (unpaired) electrons. The van der Waals surface area contributed by atoms with Crippen LogP contribution in [0.15, 0.2) is 158 Å². The third kappa shape index (κ3) is 6.55. The van der Waals surface area contributed by atoms with Crippen molar-refractivity contribution in [3.05, 3.63) is 169 Å². The molecule has 6 aromatic heterocycles. The standard InChI is InChI=1S/C44H32N6/c1-29-9-7-13-39(47-29)43-27-35(25-41(49-43)37-11-3-5-23-45-37)33-19-15-31(16-20-33)32-17-21-34(22-18-32)36-26-42(38-12-4-6-24-46-38)50-44(28-36)40-14-8-10-30(2)48-40/h3-28H,1-2H3. The van der Waals surface area contributed by atoms with Gasteiger partial charge in [-0.2, -0.15) is 0 Å². The second-order valence-corrected chi connectivity index (χ2v) is 12.2. The molecule has 0 N–H and O–H groups in total. The van der Waals surface area contributed by atoms with Gasteiger partial charge >= 0.3 is 0 Å². The van der Waals surface area contributed by atoms with E-state index >= 15 is 0 Å². The summed E-state index contributed by atoms with van der Waals surface area (Å²) < 4.78 is 0. The van der Waals surface area contributed by atoms with Crippen LogP contribution >= 0.6 is 0 Å². The Hall–Kier alpha value is -6.66. The maximum Gasteiger partial charge on any atom is 0.0900 e. The van der Waals surface area contributed by atoms with E-state index in [1.807, 2.05) is 86.6 Å². The highest BCUT2D eigenvalue weighted by Crippen LogP contribution is 2.33. The van der Waals surface area contributed by atoms with Crippen LogP contribution < -0.4 is 0 Å². The topological polar surface area (TPSA) is 77.3 Å². The largest absolute Gasteiger partial charge is 0.255 e. The van der Waals surface area contributed by atoms with Crippen molar-refractivity contribution < 1.29 is 0 Å². The van der Waals surface area contributed by atoms with Crippen molar-refractivity contribution in [2.45, 2.75) is 13.8 Å². The minimum absolute atomic E-state index is 0.810. The quantitative estimate of drug-likeness (QED) is 0.172. The molecule has 6 heterocycles. The Kier molecular flexibility index (Phi) is 8.25. The van der Waals surface area contributed by atoms with Crippen LogP contribution in [0.1, 0.15) is 11.4 Å². The molecule has 0 aliphatic heterocycles. The summed E-state index contributed by atoms with van der Waals surface area (Å²) in [4.78, 5) is 28.5. The van der Waals surface area contributed by atoms with Crippen LogP contribution in [0.3, 0.4) is 0 Å². The van der Waals surface area contributed by atoms with E-state index in [9.17, 15) is 0 Å². The molecule has 0 fully saturated rings. The Balaban J connectivity index is 1.12. The summed E-state index contributed by atoms with van der Waals surface area (Å²) >= 11 is 0. The average Bonchev–Trinajstić information content (AvgIpc) is 3.18. The maximum absolute atomic E-state index is 4.95. The summed E-state index contributed by atoms with van der Waals surface area (Å²) in [5, 5.41) is 0. The Morgan fingerprint density at radius 3 is 0.960 bits per heavy atom. The van der Waals surface area contributed by atoms with Crippen molar-refractivity contribution in [1.82, 2.24) is 29.9 Å². The highest BCUT2D eigenvalue weighted by atomic mass is 14.8. The van der Waals surface area contributed by atoms with E-state index in [-0.39, 0.29) is 0 Å². The predicted octanol–water partition coefficient (Wildman–Crippen LogP) is 10.3. The van der Waals surface area contributed by atoms with E-state index in [1.54, 1.807) is 12.4 Å². The molecule has 0 atom stereocenters. The lowest BCUT2D eigenvalue weighted by Crippen LogP contribution is -1.95. The fraction of sp³-hybridized carbons (Fsp3) is 0.0455. The Morgan fingerprint density at radius 2 is 0.620 bits per heavy atom. The van der Waals surface area contributed by atoms with Crippen molar-refractivity contribution in [3.63, 3.8) is 0 Å². The van der Waals surface area contributed by atoms with Crippen molar-refractivity contribution in [2.75, 3.05) is 0 Å². The smallest absolute Gasteiger partial charge is 0.0900 e. The number of nitrogens with zero attached hydrogens (tertiary/aromatic N) is 6. The number of benzene rings is 2. The third-order valence-electron chi connectivity index (χ3n) is 8.58. The lowest BCUT2D eigenvalue weighted by atomic mass is 9.97. The molecule has 0 aliphatic carbocycles. The summed E-state index contributed by atoms with van der Waals surface area (Å²) in [6.07, 6.45) is 3.59. The zero-order chi connectivity index (χ0) is 33.9. The van der Waals surface area contributed by atoms with Gasteiger partial charge in [-0.05, 0) is 120 Å². The van der Waals surface area contributed by atoms with Gasteiger partial charge in [-0.1, -0.05) is 72.8 Å². The Bertz CT molecular complexity index is 2250. The van der Waals surface area contributed by atoms with Gasteiger partial charge in [0.1, 0.15) is 0 Å². The minimum Gasteiger partial charge on any atom is -0.255 e. The van der Waals surface area contributed by atoms with Crippen LogP contribution in [0.4, 0.5) is 0 Å². The molecule has 6 heteroatoms. The van der Waals surface area contributed by atoms with Crippen LogP contribution in [-0.4, -0.2) is 29.9 Å². The highest BCUT2D eigenvalue weighted by molar-refractivity contribution is 5.79. The molecule has 8 rings (SSSR count). The minimum atomic E-state index is 0.810. The highest BCUT2D eigenvalue weighted by Gasteiger charge is 2.13. The number of rotatable bonds is 7. The van der Waals surface area contributed by atoms with Gasteiger partial charge in [0.05, 0.1) is 45.6 Å². The van der Waals surface area contributed by atoms with E-state index in [0.29, 0.717) is 0 Å². The molecule has 0 unspecified atom stereocenters. The lowest BCUT2D eigenvalue weighted by Gasteiger charge is -2.11. The summed E-state index contributed by atoms with van der Waals surface area (Å²) in [6.45, 7) is 3.99. The zero-order valence-corrected chi connectivity index (χ0v) is 27.7. The third-order valence-corrected chi connectivity index (χ3v) is 8.58. The number of pyridine rings is 6. The molecule has 0 saturated heterocycles. The van der Waals surface area contributed by atoms with Crippen LogP contribution in [0.2, 0.25) is 0 Å². The molecule has 0 aliphatic rings. The van der Waals surface area contributed by atoms with Crippen LogP contribution in [0, 0.1) is 13.8 Å². The molecule has 0 saturated carbocycles. The van der Waals surface area contributed by atoms with Gasteiger partial charge in [-0.3, -0.25) is 19.9 Å². The summed E-state index contributed by atoms with van der Waals surface area (Å²) in [5.41, 5.74) is 15.0. The molecule has 0 spiro atoms. The first-order chi connectivity index (χ1) is 24.6. The van der Waals surface area contributed by atoms with Gasteiger partial charge < -0.3 is 0 Å². The molecule has 6 nitrogen and oxygen atoms in total. The number of aromatic nitrogens is 6. The molecule has 8 aromatic rings. The van der Waals surface area contributed by atoms with E-state index in [0.717, 1.165) is 90.3 Å². The summed E-state index contributed by atoms with van der Waals surface area (Å²) in [5.74, 6) is 0. The molecule has 238 valence electrons. The Labute approximate surface area is 291 Å². The first-order valence-electron chi connectivity index (χ1n) is 16.5. The fourth-order valence-electron chi connectivity index (χ4n) is 6.03. The van der Waals surface area contributed by atoms with Crippen molar-refractivity contribution in [2.24, 2.45) is 0 Å². The van der Waals surface area contributed by atoms with Crippen molar-refractivity contribution in [3.8, 4) is 78.9 Å². The molecular weight excluding hydrogens is 613 g/mol. The summed E-state index contributed by atoms with van der Waals surface area (Å²) in [7, 11) is 0. The molecule has 50 heavy (non-hydrogen) atoms. The Morgan fingerprint density at radius 1 is 0.280 bits per heavy atom. The number of hydrogen-bond donors (Lipinski definition) is 0. The summed E-state index contributed by atoms with van der Waals surface area (Å²) in [6, 6.07) is 49.5. The monoisotopic (exact) mass is 644 g/mol. The normalized spacial score (nSPS) is 11.0. The van der Waals surface area contributed by atoms with Gasteiger partial charge in [0, 0.05) is 23.8 Å². The fourth-order valence-corrected chi connectivity index (χ4v) is 6.03. The SMILES string of the molecule is Cc1cccc(-c2cc(-c3ccc(-c4ccc(-c5cc(-c6ccccn6)nc(-c6cccc(C)n6)c5)cc4)cc3)cc(-c3ccccn3)n2)n1. The van der Waals surface area contributed by atoms with Gasteiger partial charge in [0.15, 0.2) is 0 Å². The first kappa shape index (κ1) is 30.7. The van der Waals surface area contributed by atoms with Gasteiger partial charge in [0.2, 0.25) is 0 Å². The van der Waals surface area contributed by atoms with E-state index in [2.05, 4.69) is 82.8 Å². The first-order valence-corrected chi connectivity index (χ1v) is 16.5. The van der Waals surface area contributed by atoms with E-state index in [1.165, 1.54) is 0 Å². The van der Waals surface area contributed by atoms with Crippen LogP contribution in [0.25, 0.3) is 78.9 Å². The molecule has 0 amide bonds. The van der Waals surface area contributed by atoms with Crippen molar-refractivity contribution >= 4 is 0 Å². The van der Waals surface area contributed by atoms with Gasteiger partial charge in [-0.15, -0.1) is 0 Å². The van der Waals surface area contributed by atoms with E-state index in [4.69, 9.17) is 19.9 Å². The lowest BCUT2D eigenvalue weighted by molar-refractivity contribution is 1.17. The second kappa shape index (κ2) is 13.5.